The molecule has 2 N–H and O–H groups in total. The third-order valence-corrected chi connectivity index (χ3v) is 3.92. The molecule has 1 saturated carbocycles. The molecule has 0 unspecified atom stereocenters. The molecule has 0 radical (unpaired) electrons. The molecule has 0 aromatic carbocycles. The topological polar surface area (TPSA) is 78.5 Å². The first-order valence-corrected chi connectivity index (χ1v) is 6.44. The summed E-state index contributed by atoms with van der Waals surface area (Å²) < 4.78 is 0. The smallest absolute Gasteiger partial charge is 0.325 e. The first kappa shape index (κ1) is 12.9. The van der Waals surface area contributed by atoms with E-state index < -0.39 is 11.6 Å². The Bertz CT molecular complexity index is 373. The van der Waals surface area contributed by atoms with Crippen molar-refractivity contribution in [1.82, 2.24) is 15.5 Å². The Morgan fingerprint density at radius 2 is 1.89 bits per heavy atom. The average molecular weight is 253 g/mol. The minimum Gasteiger partial charge on any atom is -0.358 e. The highest BCUT2D eigenvalue weighted by molar-refractivity contribution is 6.08. The van der Waals surface area contributed by atoms with Crippen LogP contribution in [-0.4, -0.2) is 41.9 Å². The van der Waals surface area contributed by atoms with E-state index in [-0.39, 0.29) is 18.4 Å². The molecule has 1 aliphatic heterocycles. The van der Waals surface area contributed by atoms with Crippen LogP contribution >= 0.6 is 0 Å². The maximum absolute atomic E-state index is 12.1. The molecular formula is C12H19N3O3. The summed E-state index contributed by atoms with van der Waals surface area (Å²) >= 11 is 0. The summed E-state index contributed by atoms with van der Waals surface area (Å²) in [4.78, 5) is 36.8. The fourth-order valence-corrected chi connectivity index (χ4v) is 2.85. The Morgan fingerprint density at radius 3 is 2.44 bits per heavy atom. The van der Waals surface area contributed by atoms with Crippen molar-refractivity contribution in [2.45, 2.75) is 44.1 Å². The Hall–Kier alpha value is -1.59. The molecule has 1 aliphatic carbocycles. The van der Waals surface area contributed by atoms with Gasteiger partial charge in [0.05, 0.1) is 0 Å². The fraction of sp³-hybridized carbons (Fsp3) is 0.750. The molecule has 0 aromatic heterocycles. The van der Waals surface area contributed by atoms with E-state index in [2.05, 4.69) is 10.6 Å². The van der Waals surface area contributed by atoms with E-state index in [1.165, 1.54) is 11.9 Å². The van der Waals surface area contributed by atoms with Crippen LogP contribution in [0.1, 0.15) is 38.5 Å². The molecule has 6 nitrogen and oxygen atoms in total. The molecular weight excluding hydrogens is 234 g/mol. The molecule has 100 valence electrons. The maximum Gasteiger partial charge on any atom is 0.325 e. The normalized spacial score (nSPS) is 22.8. The van der Waals surface area contributed by atoms with Crippen LogP contribution in [0.25, 0.3) is 0 Å². The van der Waals surface area contributed by atoms with Crippen molar-refractivity contribution in [3.63, 3.8) is 0 Å². The Balaban J connectivity index is 2.24. The van der Waals surface area contributed by atoms with Crippen molar-refractivity contribution in [1.29, 1.82) is 0 Å². The minimum absolute atomic E-state index is 0.0475. The van der Waals surface area contributed by atoms with Crippen molar-refractivity contribution in [2.24, 2.45) is 0 Å². The Morgan fingerprint density at radius 1 is 1.28 bits per heavy atom. The van der Waals surface area contributed by atoms with Gasteiger partial charge in [-0.2, -0.15) is 0 Å². The number of hydrogen-bond acceptors (Lipinski definition) is 3. The number of rotatable bonds is 2. The van der Waals surface area contributed by atoms with Crippen molar-refractivity contribution < 1.29 is 14.4 Å². The highest BCUT2D eigenvalue weighted by Gasteiger charge is 2.52. The number of nitrogens with one attached hydrogen (secondary N) is 2. The van der Waals surface area contributed by atoms with Crippen molar-refractivity contribution in [2.75, 3.05) is 13.6 Å². The number of urea groups is 1. The molecule has 1 saturated heterocycles. The summed E-state index contributed by atoms with van der Waals surface area (Å²) in [5.41, 5.74) is -0.792. The van der Waals surface area contributed by atoms with E-state index in [1.54, 1.807) is 0 Å². The highest BCUT2D eigenvalue weighted by atomic mass is 16.2. The highest BCUT2D eigenvalue weighted by Crippen LogP contribution is 2.35. The zero-order chi connectivity index (χ0) is 13.2. The zero-order valence-electron chi connectivity index (χ0n) is 10.6. The number of carbonyl (C=O) groups excluding carboxylic acids is 3. The van der Waals surface area contributed by atoms with E-state index in [9.17, 15) is 14.4 Å². The van der Waals surface area contributed by atoms with Gasteiger partial charge in [-0.05, 0) is 12.8 Å². The van der Waals surface area contributed by atoms with Gasteiger partial charge < -0.3 is 10.2 Å². The lowest BCUT2D eigenvalue weighted by molar-refractivity contribution is -0.129. The molecule has 1 spiro atoms. The number of amides is 4. The summed E-state index contributed by atoms with van der Waals surface area (Å²) in [6.07, 6.45) is 5.31. The zero-order valence-corrected chi connectivity index (χ0v) is 10.6. The lowest BCUT2D eigenvalue weighted by Gasteiger charge is -2.33. The molecule has 18 heavy (non-hydrogen) atoms. The lowest BCUT2D eigenvalue weighted by atomic mass is 9.88. The van der Waals surface area contributed by atoms with Gasteiger partial charge in [0, 0.05) is 7.05 Å². The summed E-state index contributed by atoms with van der Waals surface area (Å²) in [5.74, 6) is -0.484. The van der Waals surface area contributed by atoms with Crippen molar-refractivity contribution in [3.8, 4) is 0 Å². The van der Waals surface area contributed by atoms with Gasteiger partial charge in [0.1, 0.15) is 12.1 Å². The number of nitrogens with zero attached hydrogens (tertiary/aromatic N) is 1. The molecule has 6 heteroatoms. The standard InChI is InChI=1S/C12H19N3O3/c1-13-9(16)8-15-11(18)14-10(17)12(15)6-4-2-3-5-7-12/h2-8H2,1H3,(H,13,16)(H,14,17,18). The van der Waals surface area contributed by atoms with Gasteiger partial charge in [0.15, 0.2) is 0 Å². The van der Waals surface area contributed by atoms with Gasteiger partial charge >= 0.3 is 6.03 Å². The molecule has 2 rings (SSSR count). The quantitative estimate of drug-likeness (QED) is 0.698. The average Bonchev–Trinajstić information content (AvgIpc) is 2.55. The number of imide groups is 1. The number of hydrogen-bond donors (Lipinski definition) is 2. The largest absolute Gasteiger partial charge is 0.358 e. The van der Waals surface area contributed by atoms with Crippen LogP contribution in [0.4, 0.5) is 4.79 Å². The van der Waals surface area contributed by atoms with Crippen LogP contribution in [-0.2, 0) is 9.59 Å². The molecule has 2 fully saturated rings. The van der Waals surface area contributed by atoms with E-state index in [4.69, 9.17) is 0 Å². The van der Waals surface area contributed by atoms with E-state index in [0.717, 1.165) is 25.7 Å². The Labute approximate surface area is 106 Å². The summed E-state index contributed by atoms with van der Waals surface area (Å²) in [6, 6.07) is -0.439. The fourth-order valence-electron chi connectivity index (χ4n) is 2.85. The number of likely N-dealkylation sites (N-methyl/N-ethyl adjacent to an activating group) is 1. The summed E-state index contributed by atoms with van der Waals surface area (Å²) in [7, 11) is 1.53. The first-order chi connectivity index (χ1) is 8.60. The van der Waals surface area contributed by atoms with Gasteiger partial charge in [-0.1, -0.05) is 25.7 Å². The van der Waals surface area contributed by atoms with Crippen LogP contribution < -0.4 is 10.6 Å². The van der Waals surface area contributed by atoms with E-state index in [1.807, 2.05) is 0 Å². The van der Waals surface area contributed by atoms with Crippen LogP contribution in [0, 0.1) is 0 Å². The predicted molar refractivity (Wildman–Crippen MR) is 64.7 cm³/mol. The van der Waals surface area contributed by atoms with E-state index >= 15 is 0 Å². The maximum atomic E-state index is 12.1. The van der Waals surface area contributed by atoms with Gasteiger partial charge in [-0.15, -0.1) is 0 Å². The minimum atomic E-state index is -0.792. The van der Waals surface area contributed by atoms with Crippen molar-refractivity contribution >= 4 is 17.8 Å². The van der Waals surface area contributed by atoms with Gasteiger partial charge in [0.2, 0.25) is 5.91 Å². The molecule has 0 aromatic rings. The predicted octanol–water partition coefficient (Wildman–Crippen LogP) is 0.377. The van der Waals surface area contributed by atoms with Crippen LogP contribution in [0.3, 0.4) is 0 Å². The van der Waals surface area contributed by atoms with Gasteiger partial charge in [0.25, 0.3) is 5.91 Å². The SMILES string of the molecule is CNC(=O)CN1C(=O)NC(=O)C12CCCCCC2. The first-order valence-electron chi connectivity index (χ1n) is 6.44. The molecule has 0 bridgehead atoms. The summed E-state index contributed by atoms with van der Waals surface area (Å²) in [5, 5.41) is 4.85. The lowest BCUT2D eigenvalue weighted by Crippen LogP contribution is -2.52. The summed E-state index contributed by atoms with van der Waals surface area (Å²) in [6.45, 7) is -0.0475. The molecule has 1 heterocycles. The third kappa shape index (κ3) is 2.07. The second kappa shape index (κ2) is 4.96. The second-order valence-electron chi connectivity index (χ2n) is 4.96. The third-order valence-electron chi connectivity index (χ3n) is 3.92. The molecule has 2 aliphatic rings. The van der Waals surface area contributed by atoms with Gasteiger partial charge in [-0.3, -0.25) is 14.9 Å². The number of carbonyl (C=O) groups is 3. The van der Waals surface area contributed by atoms with Crippen LogP contribution in [0.5, 0.6) is 0 Å². The second-order valence-corrected chi connectivity index (χ2v) is 4.96. The van der Waals surface area contributed by atoms with Crippen LogP contribution in [0.15, 0.2) is 0 Å². The molecule has 4 amide bonds. The molecule has 0 atom stereocenters. The van der Waals surface area contributed by atoms with Gasteiger partial charge in [-0.25, -0.2) is 4.79 Å². The van der Waals surface area contributed by atoms with Crippen LogP contribution in [0.2, 0.25) is 0 Å². The van der Waals surface area contributed by atoms with Crippen molar-refractivity contribution in [3.05, 3.63) is 0 Å². The monoisotopic (exact) mass is 253 g/mol. The Kier molecular flexibility index (Phi) is 3.54. The van der Waals surface area contributed by atoms with E-state index in [0.29, 0.717) is 12.8 Å².